The second kappa shape index (κ2) is 17.3. The van der Waals surface area contributed by atoms with Gasteiger partial charge in [-0.2, -0.15) is 0 Å². The molecule has 0 unspecified atom stereocenters. The molecule has 0 saturated heterocycles. The highest BCUT2D eigenvalue weighted by Crippen LogP contribution is 2.13. The van der Waals surface area contributed by atoms with Crippen LogP contribution in [-0.4, -0.2) is 76.2 Å². The number of hydrogen-bond acceptors (Lipinski definition) is 8. The Morgan fingerprint density at radius 3 is 0.794 bits per heavy atom. The molecular weight excluding hydrogens is 432 g/mol. The van der Waals surface area contributed by atoms with Gasteiger partial charge in [-0.15, -0.1) is 0 Å². The van der Waals surface area contributed by atoms with Crippen LogP contribution >= 0.6 is 0 Å². The lowest BCUT2D eigenvalue weighted by Crippen LogP contribution is -1.99. The molecule has 0 atom stereocenters. The largest absolute Gasteiger partial charge is 0.479 e. The van der Waals surface area contributed by atoms with E-state index in [0.717, 1.165) is 102 Å². The molecule has 0 N–H and O–H groups in total. The molecule has 0 amide bonds. The standard InChI is InChI=1S/C14H24N2O2.C12H20N2O2/c1(3-5-7-13-15-9-11-17-13)2-4-6-8-14-16-10-12-18-14;1(3-5-11-13-7-9-15-11)2-4-6-12-14-8-10-16-12/h1-12H2;1-10H2. The predicted molar refractivity (Wildman–Crippen MR) is 138 cm³/mol. The summed E-state index contributed by atoms with van der Waals surface area (Å²) < 4.78 is 21.5. The highest BCUT2D eigenvalue weighted by atomic mass is 16.5. The minimum atomic E-state index is 0.784. The van der Waals surface area contributed by atoms with Crippen molar-refractivity contribution >= 4 is 23.6 Å². The highest BCUT2D eigenvalue weighted by molar-refractivity contribution is 5.78. The van der Waals surface area contributed by atoms with Gasteiger partial charge in [0.25, 0.3) is 0 Å². The number of rotatable bonds is 16. The first-order chi connectivity index (χ1) is 16.9. The Morgan fingerprint density at radius 1 is 0.353 bits per heavy atom. The smallest absolute Gasteiger partial charge is 0.183 e. The Kier molecular flexibility index (Phi) is 13.5. The summed E-state index contributed by atoms with van der Waals surface area (Å²) in [7, 11) is 0. The monoisotopic (exact) mass is 476 g/mol. The lowest BCUT2D eigenvalue weighted by atomic mass is 10.1. The third-order valence-electron chi connectivity index (χ3n) is 6.16. The van der Waals surface area contributed by atoms with Crippen molar-refractivity contribution in [1.29, 1.82) is 0 Å². The van der Waals surface area contributed by atoms with Gasteiger partial charge in [-0.25, -0.2) is 0 Å². The Bertz CT molecular complexity index is 632. The molecule has 0 aliphatic carbocycles. The van der Waals surface area contributed by atoms with E-state index in [4.69, 9.17) is 18.9 Å². The van der Waals surface area contributed by atoms with Gasteiger partial charge in [0.2, 0.25) is 0 Å². The minimum Gasteiger partial charge on any atom is -0.479 e. The molecule has 0 bridgehead atoms. The van der Waals surface area contributed by atoms with Crippen LogP contribution in [0.2, 0.25) is 0 Å². The van der Waals surface area contributed by atoms with Gasteiger partial charge < -0.3 is 18.9 Å². The van der Waals surface area contributed by atoms with Gasteiger partial charge in [0.15, 0.2) is 23.6 Å². The van der Waals surface area contributed by atoms with Gasteiger partial charge in [0.05, 0.1) is 26.2 Å². The van der Waals surface area contributed by atoms with E-state index < -0.39 is 0 Å². The first-order valence-electron chi connectivity index (χ1n) is 13.5. The van der Waals surface area contributed by atoms with E-state index in [-0.39, 0.29) is 0 Å². The first kappa shape index (κ1) is 26.5. The van der Waals surface area contributed by atoms with E-state index in [0.29, 0.717) is 0 Å². The van der Waals surface area contributed by atoms with Crippen molar-refractivity contribution in [3.8, 4) is 0 Å². The average Bonchev–Trinajstić information content (AvgIpc) is 3.67. The number of ether oxygens (including phenoxy) is 4. The molecule has 4 rings (SSSR count). The average molecular weight is 477 g/mol. The number of unbranched alkanes of at least 4 members (excludes halogenated alkanes) is 8. The fourth-order valence-electron chi connectivity index (χ4n) is 4.29. The van der Waals surface area contributed by atoms with Crippen LogP contribution in [0.1, 0.15) is 89.9 Å². The summed E-state index contributed by atoms with van der Waals surface area (Å²) >= 11 is 0. The van der Waals surface area contributed by atoms with Crippen molar-refractivity contribution in [2.45, 2.75) is 89.9 Å². The molecule has 0 aromatic heterocycles. The zero-order chi connectivity index (χ0) is 23.5. The van der Waals surface area contributed by atoms with Crippen LogP contribution in [0.25, 0.3) is 0 Å². The van der Waals surface area contributed by atoms with E-state index in [1.807, 2.05) is 0 Å². The minimum absolute atomic E-state index is 0.784. The lowest BCUT2D eigenvalue weighted by Gasteiger charge is -2.03. The Labute approximate surface area is 205 Å². The maximum Gasteiger partial charge on any atom is 0.183 e. The highest BCUT2D eigenvalue weighted by Gasteiger charge is 2.09. The molecule has 34 heavy (non-hydrogen) atoms. The van der Waals surface area contributed by atoms with Crippen LogP contribution in [0.5, 0.6) is 0 Å². The van der Waals surface area contributed by atoms with Gasteiger partial charge in [-0.05, 0) is 25.7 Å². The third-order valence-corrected chi connectivity index (χ3v) is 6.16. The Balaban J connectivity index is 0.000000192. The Morgan fingerprint density at radius 2 is 0.588 bits per heavy atom. The number of aliphatic imine (C=N–C) groups is 4. The van der Waals surface area contributed by atoms with Crippen molar-refractivity contribution in [2.24, 2.45) is 20.0 Å². The summed E-state index contributed by atoms with van der Waals surface area (Å²) in [5.41, 5.74) is 0. The zero-order valence-corrected chi connectivity index (χ0v) is 21.0. The second-order valence-corrected chi connectivity index (χ2v) is 9.03. The van der Waals surface area contributed by atoms with E-state index in [2.05, 4.69) is 20.0 Å². The molecule has 0 aromatic rings. The maximum absolute atomic E-state index is 5.38. The first-order valence-corrected chi connectivity index (χ1v) is 13.5. The molecule has 0 fully saturated rings. The van der Waals surface area contributed by atoms with E-state index in [9.17, 15) is 0 Å². The van der Waals surface area contributed by atoms with Gasteiger partial charge in [0, 0.05) is 25.7 Å². The van der Waals surface area contributed by atoms with E-state index in [1.165, 1.54) is 64.2 Å². The van der Waals surface area contributed by atoms with Gasteiger partial charge >= 0.3 is 0 Å². The van der Waals surface area contributed by atoms with Crippen LogP contribution < -0.4 is 0 Å². The SMILES string of the molecule is C(CCCC1=NCCO1)CCC1=NCCO1.C(CCCCC1=NCCO1)CCCC1=NCCO1. The molecule has 0 spiro atoms. The number of hydrogen-bond donors (Lipinski definition) is 0. The fraction of sp³-hybridized carbons (Fsp3) is 0.846. The van der Waals surface area contributed by atoms with Gasteiger partial charge in [-0.3, -0.25) is 20.0 Å². The van der Waals surface area contributed by atoms with Crippen molar-refractivity contribution in [1.82, 2.24) is 0 Å². The summed E-state index contributed by atoms with van der Waals surface area (Å²) in [5.74, 6) is 3.88. The van der Waals surface area contributed by atoms with E-state index in [1.54, 1.807) is 0 Å². The van der Waals surface area contributed by atoms with Gasteiger partial charge in [-0.1, -0.05) is 38.5 Å². The fourth-order valence-corrected chi connectivity index (χ4v) is 4.29. The summed E-state index contributed by atoms with van der Waals surface area (Å²) in [6.45, 7) is 6.59. The molecule has 4 heterocycles. The van der Waals surface area contributed by atoms with E-state index >= 15 is 0 Å². The molecule has 4 aliphatic heterocycles. The molecule has 0 radical (unpaired) electrons. The molecule has 0 aromatic carbocycles. The lowest BCUT2D eigenvalue weighted by molar-refractivity contribution is 0.334. The zero-order valence-electron chi connectivity index (χ0n) is 21.0. The number of nitrogens with zero attached hydrogens (tertiary/aromatic N) is 4. The third kappa shape index (κ3) is 11.8. The summed E-state index contributed by atoms with van der Waals surface area (Å²) in [6, 6.07) is 0. The maximum atomic E-state index is 5.38. The molecule has 8 heteroatoms. The summed E-state index contributed by atoms with van der Waals surface area (Å²) in [5, 5.41) is 0. The second-order valence-electron chi connectivity index (χ2n) is 9.03. The van der Waals surface area contributed by atoms with Crippen molar-refractivity contribution < 1.29 is 18.9 Å². The van der Waals surface area contributed by atoms with Crippen molar-refractivity contribution in [2.75, 3.05) is 52.6 Å². The van der Waals surface area contributed by atoms with Crippen LogP contribution in [0.15, 0.2) is 20.0 Å². The molecular formula is C26H44N4O4. The molecule has 192 valence electrons. The summed E-state index contributed by atoms with van der Waals surface area (Å²) in [4.78, 5) is 17.1. The van der Waals surface area contributed by atoms with Crippen molar-refractivity contribution in [3.05, 3.63) is 0 Å². The van der Waals surface area contributed by atoms with Crippen molar-refractivity contribution in [3.63, 3.8) is 0 Å². The summed E-state index contributed by atoms with van der Waals surface area (Å²) in [6.07, 6.45) is 16.6. The molecule has 8 nitrogen and oxygen atoms in total. The van der Waals surface area contributed by atoms with Crippen LogP contribution in [0, 0.1) is 0 Å². The molecule has 4 aliphatic rings. The van der Waals surface area contributed by atoms with Crippen LogP contribution in [-0.2, 0) is 18.9 Å². The van der Waals surface area contributed by atoms with Crippen LogP contribution in [0.4, 0.5) is 0 Å². The van der Waals surface area contributed by atoms with Crippen LogP contribution in [0.3, 0.4) is 0 Å². The Hall–Kier alpha value is -2.12. The predicted octanol–water partition coefficient (Wildman–Crippen LogP) is 5.15. The molecule has 0 saturated carbocycles. The normalized spacial score (nSPS) is 18.6. The quantitative estimate of drug-likeness (QED) is 0.288. The van der Waals surface area contributed by atoms with Gasteiger partial charge in [0.1, 0.15) is 26.4 Å². The topological polar surface area (TPSA) is 86.4 Å².